The zero-order valence-corrected chi connectivity index (χ0v) is 10.2. The van der Waals surface area contributed by atoms with Gasteiger partial charge < -0.3 is 10.4 Å². The average molecular weight is 261 g/mol. The SMILES string of the molecule is CC(CO)CNC(CC(F)(F)F)c1ccccc1. The monoisotopic (exact) mass is 261 g/mol. The van der Waals surface area contributed by atoms with E-state index in [-0.39, 0.29) is 12.5 Å². The van der Waals surface area contributed by atoms with Gasteiger partial charge in [-0.1, -0.05) is 37.3 Å². The molecule has 1 aromatic carbocycles. The molecule has 2 unspecified atom stereocenters. The second kappa shape index (κ2) is 6.75. The van der Waals surface area contributed by atoms with Crippen LogP contribution in [0, 0.1) is 5.92 Å². The Hall–Kier alpha value is -1.07. The number of rotatable bonds is 6. The predicted molar refractivity (Wildman–Crippen MR) is 64.1 cm³/mol. The van der Waals surface area contributed by atoms with Crippen LogP contribution >= 0.6 is 0 Å². The van der Waals surface area contributed by atoms with Gasteiger partial charge in [-0.2, -0.15) is 13.2 Å². The molecular formula is C13H18F3NO. The molecule has 0 saturated heterocycles. The Balaban J connectivity index is 2.70. The van der Waals surface area contributed by atoms with Crippen LogP contribution in [0.3, 0.4) is 0 Å². The van der Waals surface area contributed by atoms with Crippen molar-refractivity contribution in [3.05, 3.63) is 35.9 Å². The van der Waals surface area contributed by atoms with Crippen LogP contribution in [0.4, 0.5) is 13.2 Å². The zero-order valence-electron chi connectivity index (χ0n) is 10.2. The first-order valence-electron chi connectivity index (χ1n) is 5.88. The van der Waals surface area contributed by atoms with Gasteiger partial charge in [0, 0.05) is 19.2 Å². The molecule has 0 aromatic heterocycles. The molecule has 0 amide bonds. The van der Waals surface area contributed by atoms with Gasteiger partial charge in [-0.05, 0) is 11.5 Å². The van der Waals surface area contributed by atoms with Crippen molar-refractivity contribution in [3.63, 3.8) is 0 Å². The van der Waals surface area contributed by atoms with E-state index in [0.717, 1.165) is 0 Å². The summed E-state index contributed by atoms with van der Waals surface area (Å²) in [5.41, 5.74) is 0.611. The standard InChI is InChI=1S/C13H18F3NO/c1-10(9-18)8-17-12(7-13(14,15)16)11-5-3-2-4-6-11/h2-6,10,12,17-18H,7-9H2,1H3. The number of halogens is 3. The number of benzene rings is 1. The molecule has 0 radical (unpaired) electrons. The fourth-order valence-electron chi connectivity index (χ4n) is 1.63. The Bertz CT molecular complexity index is 340. The molecule has 0 fully saturated rings. The molecule has 0 spiro atoms. The highest BCUT2D eigenvalue weighted by Gasteiger charge is 2.32. The smallest absolute Gasteiger partial charge is 0.390 e. The predicted octanol–water partition coefficient (Wildman–Crippen LogP) is 2.90. The molecule has 2 nitrogen and oxygen atoms in total. The van der Waals surface area contributed by atoms with Gasteiger partial charge in [-0.15, -0.1) is 0 Å². The lowest BCUT2D eigenvalue weighted by atomic mass is 10.0. The maximum Gasteiger partial charge on any atom is 0.390 e. The third-order valence-electron chi connectivity index (χ3n) is 2.66. The van der Waals surface area contributed by atoms with Crippen molar-refractivity contribution in [2.45, 2.75) is 25.6 Å². The summed E-state index contributed by atoms with van der Waals surface area (Å²) in [7, 11) is 0. The summed E-state index contributed by atoms with van der Waals surface area (Å²) < 4.78 is 37.5. The maximum atomic E-state index is 12.5. The third-order valence-corrected chi connectivity index (χ3v) is 2.66. The molecular weight excluding hydrogens is 243 g/mol. The van der Waals surface area contributed by atoms with Crippen LogP contribution in [0.5, 0.6) is 0 Å². The number of aliphatic hydroxyl groups is 1. The van der Waals surface area contributed by atoms with Crippen molar-refractivity contribution in [2.24, 2.45) is 5.92 Å². The largest absolute Gasteiger partial charge is 0.396 e. The van der Waals surface area contributed by atoms with Gasteiger partial charge in [-0.25, -0.2) is 0 Å². The molecule has 1 rings (SSSR count). The van der Waals surface area contributed by atoms with E-state index in [0.29, 0.717) is 12.1 Å². The van der Waals surface area contributed by atoms with Crippen LogP contribution < -0.4 is 5.32 Å². The lowest BCUT2D eigenvalue weighted by Crippen LogP contribution is -2.31. The van der Waals surface area contributed by atoms with Crippen LogP contribution in [0.1, 0.15) is 24.9 Å². The topological polar surface area (TPSA) is 32.3 Å². The average Bonchev–Trinajstić information content (AvgIpc) is 2.33. The molecule has 0 saturated carbocycles. The zero-order chi connectivity index (χ0) is 13.6. The summed E-state index contributed by atoms with van der Waals surface area (Å²) >= 11 is 0. The van der Waals surface area contributed by atoms with Crippen molar-refractivity contribution in [3.8, 4) is 0 Å². The van der Waals surface area contributed by atoms with E-state index >= 15 is 0 Å². The van der Waals surface area contributed by atoms with E-state index in [9.17, 15) is 13.2 Å². The number of hydrogen-bond donors (Lipinski definition) is 2. The van der Waals surface area contributed by atoms with E-state index in [2.05, 4.69) is 5.32 Å². The summed E-state index contributed by atoms with van der Waals surface area (Å²) in [5, 5.41) is 11.8. The first-order valence-corrected chi connectivity index (χ1v) is 5.88. The summed E-state index contributed by atoms with van der Waals surface area (Å²) in [6.45, 7) is 2.09. The van der Waals surface area contributed by atoms with E-state index in [1.807, 2.05) is 0 Å². The Kier molecular flexibility index (Phi) is 5.62. The van der Waals surface area contributed by atoms with E-state index in [1.54, 1.807) is 37.3 Å². The molecule has 0 aliphatic carbocycles. The quantitative estimate of drug-likeness (QED) is 0.825. The summed E-state index contributed by atoms with van der Waals surface area (Å²) in [4.78, 5) is 0. The normalized spacial score (nSPS) is 15.4. The fourth-order valence-corrected chi connectivity index (χ4v) is 1.63. The number of hydrogen-bond acceptors (Lipinski definition) is 2. The third kappa shape index (κ3) is 5.51. The van der Waals surface area contributed by atoms with Gasteiger partial charge in [0.1, 0.15) is 0 Å². The van der Waals surface area contributed by atoms with Crippen LogP contribution in [0.2, 0.25) is 0 Å². The van der Waals surface area contributed by atoms with Crippen LogP contribution in [-0.4, -0.2) is 24.4 Å². The van der Waals surface area contributed by atoms with E-state index in [1.165, 1.54) is 0 Å². The van der Waals surface area contributed by atoms with Crippen molar-refractivity contribution in [1.29, 1.82) is 0 Å². The number of alkyl halides is 3. The lowest BCUT2D eigenvalue weighted by molar-refractivity contribution is -0.140. The highest BCUT2D eigenvalue weighted by molar-refractivity contribution is 5.19. The molecule has 18 heavy (non-hydrogen) atoms. The minimum Gasteiger partial charge on any atom is -0.396 e. The van der Waals surface area contributed by atoms with Crippen molar-refractivity contribution >= 4 is 0 Å². The highest BCUT2D eigenvalue weighted by atomic mass is 19.4. The van der Waals surface area contributed by atoms with Crippen molar-refractivity contribution in [1.82, 2.24) is 5.32 Å². The van der Waals surface area contributed by atoms with Gasteiger partial charge in [0.25, 0.3) is 0 Å². The number of aliphatic hydroxyl groups excluding tert-OH is 1. The lowest BCUT2D eigenvalue weighted by Gasteiger charge is -2.22. The molecule has 0 aliphatic heterocycles. The Labute approximate surface area is 105 Å². The van der Waals surface area contributed by atoms with Crippen molar-refractivity contribution in [2.75, 3.05) is 13.2 Å². The Morgan fingerprint density at radius 1 is 1.22 bits per heavy atom. The minimum absolute atomic E-state index is 0.0411. The molecule has 0 aliphatic rings. The van der Waals surface area contributed by atoms with Crippen LogP contribution in [-0.2, 0) is 0 Å². The molecule has 1 aromatic rings. The number of nitrogens with one attached hydrogen (secondary N) is 1. The second-order valence-corrected chi connectivity index (χ2v) is 4.48. The fraction of sp³-hybridized carbons (Fsp3) is 0.538. The van der Waals surface area contributed by atoms with Crippen LogP contribution in [0.25, 0.3) is 0 Å². The Morgan fingerprint density at radius 2 is 1.83 bits per heavy atom. The Morgan fingerprint density at radius 3 is 2.33 bits per heavy atom. The summed E-state index contributed by atoms with van der Waals surface area (Å²) in [6.07, 6.45) is -5.12. The highest BCUT2D eigenvalue weighted by Crippen LogP contribution is 2.29. The van der Waals surface area contributed by atoms with Crippen molar-refractivity contribution < 1.29 is 18.3 Å². The maximum absolute atomic E-state index is 12.5. The first-order chi connectivity index (χ1) is 8.42. The second-order valence-electron chi connectivity index (χ2n) is 4.48. The molecule has 5 heteroatoms. The molecule has 102 valence electrons. The van der Waals surface area contributed by atoms with Gasteiger partial charge >= 0.3 is 6.18 Å². The van der Waals surface area contributed by atoms with E-state index < -0.39 is 18.6 Å². The van der Waals surface area contributed by atoms with Gasteiger partial charge in [0.15, 0.2) is 0 Å². The summed E-state index contributed by atoms with van der Waals surface area (Å²) in [5.74, 6) is -0.0653. The van der Waals surface area contributed by atoms with Crippen LogP contribution in [0.15, 0.2) is 30.3 Å². The van der Waals surface area contributed by atoms with E-state index in [4.69, 9.17) is 5.11 Å². The van der Waals surface area contributed by atoms with Gasteiger partial charge in [-0.3, -0.25) is 0 Å². The van der Waals surface area contributed by atoms with Gasteiger partial charge in [0.05, 0.1) is 6.42 Å². The molecule has 2 atom stereocenters. The summed E-state index contributed by atoms with van der Waals surface area (Å²) in [6, 6.07) is 7.79. The molecule has 2 N–H and O–H groups in total. The first kappa shape index (κ1) is 15.0. The molecule has 0 heterocycles. The minimum atomic E-state index is -4.21. The van der Waals surface area contributed by atoms with Gasteiger partial charge in [0.2, 0.25) is 0 Å². The molecule has 0 bridgehead atoms.